The highest BCUT2D eigenvalue weighted by molar-refractivity contribution is 5.65. The van der Waals surface area contributed by atoms with E-state index < -0.39 is 10.5 Å². The minimum atomic E-state index is -0.518. The van der Waals surface area contributed by atoms with Crippen LogP contribution in [-0.2, 0) is 0 Å². The molecule has 0 bridgehead atoms. The fourth-order valence-electron chi connectivity index (χ4n) is 1.27. The lowest BCUT2D eigenvalue weighted by Crippen LogP contribution is -2.39. The third-order valence-corrected chi connectivity index (χ3v) is 2.31. The van der Waals surface area contributed by atoms with Crippen molar-refractivity contribution in [1.29, 1.82) is 5.26 Å². The molecule has 0 saturated heterocycles. The monoisotopic (exact) mass is 234 g/mol. The summed E-state index contributed by atoms with van der Waals surface area (Å²) in [5.74, 6) is 0. The van der Waals surface area contributed by atoms with Crippen LogP contribution in [0.25, 0.3) is 0 Å². The quantitative estimate of drug-likeness (QED) is 0.608. The van der Waals surface area contributed by atoms with Crippen LogP contribution in [0.2, 0.25) is 0 Å². The molecule has 0 radical (unpaired) electrons. The summed E-state index contributed by atoms with van der Waals surface area (Å²) in [6, 6.07) is 6.17. The molecule has 0 aliphatic rings. The first-order valence-corrected chi connectivity index (χ1v) is 5.06. The van der Waals surface area contributed by atoms with Crippen LogP contribution in [0.5, 0.6) is 0 Å². The molecule has 0 fully saturated rings. The van der Waals surface area contributed by atoms with Crippen LogP contribution in [0.3, 0.4) is 0 Å². The van der Waals surface area contributed by atoms with E-state index in [0.717, 1.165) is 0 Å². The summed E-state index contributed by atoms with van der Waals surface area (Å²) in [7, 11) is 0. The van der Waals surface area contributed by atoms with E-state index in [2.05, 4.69) is 5.32 Å². The maximum absolute atomic E-state index is 10.9. The lowest BCUT2D eigenvalue weighted by molar-refractivity contribution is -0.384. The van der Waals surface area contributed by atoms with E-state index in [-0.39, 0.29) is 11.3 Å². The molecule has 0 atom stereocenters. The summed E-state index contributed by atoms with van der Waals surface area (Å²) in [4.78, 5) is 10.4. The van der Waals surface area contributed by atoms with E-state index in [1.54, 1.807) is 0 Å². The Hall–Kier alpha value is -2.13. The van der Waals surface area contributed by atoms with Crippen LogP contribution < -0.4 is 11.1 Å². The first kappa shape index (κ1) is 12.9. The van der Waals surface area contributed by atoms with Crippen LogP contribution in [0.1, 0.15) is 19.4 Å². The largest absolute Gasteiger partial charge is 0.373 e. The van der Waals surface area contributed by atoms with Gasteiger partial charge in [0.1, 0.15) is 5.69 Å². The molecule has 0 aliphatic heterocycles. The van der Waals surface area contributed by atoms with Crippen LogP contribution in [0, 0.1) is 21.4 Å². The molecule has 0 spiro atoms. The van der Waals surface area contributed by atoms with E-state index in [1.807, 2.05) is 19.9 Å². The van der Waals surface area contributed by atoms with Crippen molar-refractivity contribution in [3.63, 3.8) is 0 Å². The predicted molar refractivity (Wildman–Crippen MR) is 64.6 cm³/mol. The van der Waals surface area contributed by atoms with Gasteiger partial charge in [-0.25, -0.2) is 0 Å². The van der Waals surface area contributed by atoms with Gasteiger partial charge in [0.15, 0.2) is 0 Å². The summed E-state index contributed by atoms with van der Waals surface area (Å²) >= 11 is 0. The van der Waals surface area contributed by atoms with E-state index in [0.29, 0.717) is 12.2 Å². The number of nitro benzene ring substituents is 1. The molecular weight excluding hydrogens is 220 g/mol. The number of hydrogen-bond donors (Lipinski definition) is 2. The summed E-state index contributed by atoms with van der Waals surface area (Å²) < 4.78 is 0. The zero-order valence-corrected chi connectivity index (χ0v) is 9.73. The fraction of sp³-hybridized carbons (Fsp3) is 0.364. The second-order valence-corrected chi connectivity index (χ2v) is 4.31. The lowest BCUT2D eigenvalue weighted by Gasteiger charge is -2.25. The maximum atomic E-state index is 10.9. The van der Waals surface area contributed by atoms with Gasteiger partial charge >= 0.3 is 0 Å². The molecule has 0 aliphatic carbocycles. The molecule has 1 rings (SSSR count). The minimum absolute atomic E-state index is 0.120. The molecule has 0 aromatic heterocycles. The van der Waals surface area contributed by atoms with Crippen LogP contribution >= 0.6 is 0 Å². The molecule has 1 aromatic carbocycles. The first-order chi connectivity index (χ1) is 7.89. The highest BCUT2D eigenvalue weighted by Gasteiger charge is 2.21. The molecule has 6 nitrogen and oxygen atoms in total. The fourth-order valence-corrected chi connectivity index (χ4v) is 1.27. The van der Waals surface area contributed by atoms with Crippen molar-refractivity contribution in [2.24, 2.45) is 5.73 Å². The molecular formula is C11H14N4O2. The number of hydrogen-bond acceptors (Lipinski definition) is 5. The number of nitriles is 1. The zero-order chi connectivity index (χ0) is 13.1. The van der Waals surface area contributed by atoms with Gasteiger partial charge in [0.25, 0.3) is 5.69 Å². The molecule has 0 amide bonds. The predicted octanol–water partition coefficient (Wildman–Crippen LogP) is 1.62. The lowest BCUT2D eigenvalue weighted by atomic mass is 10.0. The average Bonchev–Trinajstić information content (AvgIpc) is 2.29. The first-order valence-electron chi connectivity index (χ1n) is 5.06. The summed E-state index contributed by atoms with van der Waals surface area (Å²) in [6.45, 7) is 4.02. The van der Waals surface area contributed by atoms with Gasteiger partial charge in [-0.3, -0.25) is 10.1 Å². The molecule has 90 valence electrons. The molecule has 0 saturated carbocycles. The van der Waals surface area contributed by atoms with Crippen molar-refractivity contribution >= 4 is 11.4 Å². The van der Waals surface area contributed by atoms with Crippen molar-refractivity contribution in [2.75, 3.05) is 11.9 Å². The molecule has 0 heterocycles. The van der Waals surface area contributed by atoms with Crippen molar-refractivity contribution in [1.82, 2.24) is 0 Å². The molecule has 6 heteroatoms. The van der Waals surface area contributed by atoms with Gasteiger partial charge in [0.2, 0.25) is 0 Å². The van der Waals surface area contributed by atoms with Gasteiger partial charge in [-0.05, 0) is 26.0 Å². The maximum Gasteiger partial charge on any atom is 0.293 e. The molecule has 3 N–H and O–H groups in total. The molecule has 0 unspecified atom stereocenters. The van der Waals surface area contributed by atoms with Gasteiger partial charge < -0.3 is 11.1 Å². The number of rotatable bonds is 4. The second kappa shape index (κ2) is 4.80. The Morgan fingerprint density at radius 2 is 2.24 bits per heavy atom. The molecule has 1 aromatic rings. The number of anilines is 1. The van der Waals surface area contributed by atoms with E-state index in [4.69, 9.17) is 11.0 Å². The highest BCUT2D eigenvalue weighted by Crippen LogP contribution is 2.27. The molecule has 17 heavy (non-hydrogen) atoms. The Labute approximate surface area is 99.2 Å². The third kappa shape index (κ3) is 3.16. The Bertz CT molecular complexity index is 477. The SMILES string of the molecule is CC(C)(CN)Nc1ccc(C#N)cc1[N+](=O)[O-]. The van der Waals surface area contributed by atoms with Crippen LogP contribution in [-0.4, -0.2) is 17.0 Å². The Morgan fingerprint density at radius 3 is 2.71 bits per heavy atom. The van der Waals surface area contributed by atoms with E-state index >= 15 is 0 Å². The van der Waals surface area contributed by atoms with Gasteiger partial charge in [0, 0.05) is 18.2 Å². The zero-order valence-electron chi connectivity index (χ0n) is 9.73. The summed E-state index contributed by atoms with van der Waals surface area (Å²) in [6.07, 6.45) is 0. The minimum Gasteiger partial charge on any atom is -0.373 e. The number of nitrogens with two attached hydrogens (primary N) is 1. The number of nitro groups is 1. The van der Waals surface area contributed by atoms with Crippen molar-refractivity contribution in [3.8, 4) is 6.07 Å². The summed E-state index contributed by atoms with van der Waals surface area (Å²) in [5.41, 5.74) is 5.61. The Balaban J connectivity index is 3.17. The number of nitrogens with zero attached hydrogens (tertiary/aromatic N) is 2. The van der Waals surface area contributed by atoms with Crippen molar-refractivity contribution < 1.29 is 4.92 Å². The standard InChI is InChI=1S/C11H14N4O2/c1-11(2,7-13)14-9-4-3-8(6-12)5-10(9)15(16)17/h3-5,14H,7,13H2,1-2H3. The number of nitrogens with one attached hydrogen (secondary N) is 1. The van der Waals surface area contributed by atoms with Crippen LogP contribution in [0.15, 0.2) is 18.2 Å². The van der Waals surface area contributed by atoms with Gasteiger partial charge in [-0.2, -0.15) is 5.26 Å². The van der Waals surface area contributed by atoms with Gasteiger partial charge in [0.05, 0.1) is 16.6 Å². The smallest absolute Gasteiger partial charge is 0.293 e. The van der Waals surface area contributed by atoms with E-state index in [9.17, 15) is 10.1 Å². The van der Waals surface area contributed by atoms with Crippen LogP contribution in [0.4, 0.5) is 11.4 Å². The van der Waals surface area contributed by atoms with Gasteiger partial charge in [-0.1, -0.05) is 0 Å². The van der Waals surface area contributed by atoms with Crippen molar-refractivity contribution in [2.45, 2.75) is 19.4 Å². The van der Waals surface area contributed by atoms with Gasteiger partial charge in [-0.15, -0.1) is 0 Å². The van der Waals surface area contributed by atoms with E-state index in [1.165, 1.54) is 18.2 Å². The average molecular weight is 234 g/mol. The third-order valence-electron chi connectivity index (χ3n) is 2.31. The number of benzene rings is 1. The van der Waals surface area contributed by atoms with Crippen molar-refractivity contribution in [3.05, 3.63) is 33.9 Å². The topological polar surface area (TPSA) is 105 Å². The normalized spacial score (nSPS) is 10.7. The second-order valence-electron chi connectivity index (χ2n) is 4.31. The Kier molecular flexibility index (Phi) is 3.66. The Morgan fingerprint density at radius 1 is 1.59 bits per heavy atom. The highest BCUT2D eigenvalue weighted by atomic mass is 16.6. The summed E-state index contributed by atoms with van der Waals surface area (Å²) in [5, 5.41) is 22.6.